The fraction of sp³-hybridized carbons (Fsp3) is 0.556. The highest BCUT2D eigenvalue weighted by atomic mass is 16.2. The van der Waals surface area contributed by atoms with E-state index in [1.165, 1.54) is 0 Å². The van der Waals surface area contributed by atoms with Crippen LogP contribution in [0, 0.1) is 0 Å². The van der Waals surface area contributed by atoms with Crippen LogP contribution in [0.2, 0.25) is 0 Å². The van der Waals surface area contributed by atoms with E-state index in [9.17, 15) is 9.59 Å². The number of nitrogens with zero attached hydrogens (tertiary/aromatic N) is 3. The van der Waals surface area contributed by atoms with Gasteiger partial charge in [0.1, 0.15) is 0 Å². The van der Waals surface area contributed by atoms with Gasteiger partial charge in [-0.2, -0.15) is 0 Å². The highest BCUT2D eigenvalue weighted by Gasteiger charge is 2.31. The van der Waals surface area contributed by atoms with E-state index >= 15 is 0 Å². The lowest BCUT2D eigenvalue weighted by Gasteiger charge is -2.38. The second-order valence-electron chi connectivity index (χ2n) is 6.62. The Morgan fingerprint density at radius 3 is 2.21 bits per heavy atom. The van der Waals surface area contributed by atoms with Crippen molar-refractivity contribution < 1.29 is 9.59 Å². The third-order valence-corrected chi connectivity index (χ3v) is 5.12. The summed E-state index contributed by atoms with van der Waals surface area (Å²) in [6.07, 6.45) is 2.22. The van der Waals surface area contributed by atoms with E-state index in [4.69, 9.17) is 5.73 Å². The number of anilines is 1. The quantitative estimate of drug-likeness (QED) is 0.841. The first kappa shape index (κ1) is 16.8. The summed E-state index contributed by atoms with van der Waals surface area (Å²) in [6, 6.07) is 7.07. The number of nitrogens with two attached hydrogens (primary N) is 1. The van der Waals surface area contributed by atoms with Crippen molar-refractivity contribution in [3.8, 4) is 0 Å². The minimum Gasteiger partial charge on any atom is -0.398 e. The Bertz CT molecular complexity index is 605. The Labute approximate surface area is 143 Å². The van der Waals surface area contributed by atoms with Gasteiger partial charge in [0, 0.05) is 45.0 Å². The van der Waals surface area contributed by atoms with Gasteiger partial charge in [-0.1, -0.05) is 12.1 Å². The average molecular weight is 330 g/mol. The monoisotopic (exact) mass is 330 g/mol. The topological polar surface area (TPSA) is 69.9 Å². The highest BCUT2D eigenvalue weighted by Crippen LogP contribution is 2.17. The highest BCUT2D eigenvalue weighted by molar-refractivity contribution is 5.99. The Balaban J connectivity index is 1.56. The van der Waals surface area contributed by atoms with Gasteiger partial charge >= 0.3 is 0 Å². The molecule has 2 aliphatic heterocycles. The molecule has 1 aromatic rings. The zero-order chi connectivity index (χ0) is 17.1. The van der Waals surface area contributed by atoms with Crippen molar-refractivity contribution in [3.05, 3.63) is 29.8 Å². The molecule has 2 N–H and O–H groups in total. The summed E-state index contributed by atoms with van der Waals surface area (Å²) in [5.41, 5.74) is 6.98. The van der Waals surface area contributed by atoms with Gasteiger partial charge in [0.15, 0.2) is 0 Å². The average Bonchev–Trinajstić information content (AvgIpc) is 3.15. The summed E-state index contributed by atoms with van der Waals surface area (Å²) in [6.45, 7) is 6.45. The molecule has 0 aromatic heterocycles. The zero-order valence-electron chi connectivity index (χ0n) is 14.3. The number of carbonyl (C=O) groups is 2. The Morgan fingerprint density at radius 2 is 1.58 bits per heavy atom. The van der Waals surface area contributed by atoms with Crippen LogP contribution in [0.25, 0.3) is 0 Å². The van der Waals surface area contributed by atoms with E-state index in [0.717, 1.165) is 39.0 Å². The molecule has 1 aromatic carbocycles. The molecule has 2 aliphatic rings. The molecule has 2 heterocycles. The van der Waals surface area contributed by atoms with Crippen LogP contribution in [0.1, 0.15) is 30.1 Å². The van der Waals surface area contributed by atoms with E-state index in [2.05, 4.69) is 4.90 Å². The van der Waals surface area contributed by atoms with Crippen molar-refractivity contribution in [2.24, 2.45) is 0 Å². The number of rotatable bonds is 3. The largest absolute Gasteiger partial charge is 0.398 e. The number of para-hydroxylation sites is 1. The molecule has 1 atom stereocenters. The SMILES string of the molecule is CC(C(=O)N1CCCC1)N1CCN(C(=O)c2ccccc2N)CC1. The molecule has 0 spiro atoms. The van der Waals surface area contributed by atoms with Crippen molar-refractivity contribution in [3.63, 3.8) is 0 Å². The maximum absolute atomic E-state index is 12.6. The Kier molecular flexibility index (Phi) is 5.04. The molecule has 0 aliphatic carbocycles. The standard InChI is InChI=1S/C18H26N4O2/c1-14(17(23)21-8-4-5-9-21)20-10-12-22(13-11-20)18(24)15-6-2-3-7-16(15)19/h2-3,6-7,14H,4-5,8-13,19H2,1H3. The first-order chi connectivity index (χ1) is 11.6. The van der Waals surface area contributed by atoms with Gasteiger partial charge in [0.25, 0.3) is 5.91 Å². The molecule has 2 saturated heterocycles. The van der Waals surface area contributed by atoms with E-state index in [0.29, 0.717) is 24.3 Å². The van der Waals surface area contributed by atoms with Gasteiger partial charge in [-0.3, -0.25) is 14.5 Å². The molecular weight excluding hydrogens is 304 g/mol. The minimum atomic E-state index is -0.109. The molecule has 6 heteroatoms. The van der Waals surface area contributed by atoms with Gasteiger partial charge in [-0.15, -0.1) is 0 Å². The van der Waals surface area contributed by atoms with Crippen LogP contribution < -0.4 is 5.73 Å². The summed E-state index contributed by atoms with van der Waals surface area (Å²) in [5, 5.41) is 0. The molecule has 3 rings (SSSR count). The second kappa shape index (κ2) is 7.21. The lowest BCUT2D eigenvalue weighted by Crippen LogP contribution is -2.55. The van der Waals surface area contributed by atoms with Crippen LogP contribution >= 0.6 is 0 Å². The molecule has 130 valence electrons. The number of nitrogen functional groups attached to an aromatic ring is 1. The van der Waals surface area contributed by atoms with E-state index in [-0.39, 0.29) is 17.9 Å². The third-order valence-electron chi connectivity index (χ3n) is 5.12. The predicted octanol–water partition coefficient (Wildman–Crippen LogP) is 1.04. The Hall–Kier alpha value is -2.08. The number of hydrogen-bond acceptors (Lipinski definition) is 4. The van der Waals surface area contributed by atoms with Crippen LogP contribution in [0.4, 0.5) is 5.69 Å². The molecule has 2 amide bonds. The van der Waals surface area contributed by atoms with Crippen LogP contribution in [-0.4, -0.2) is 71.8 Å². The molecule has 0 radical (unpaired) electrons. The molecule has 0 bridgehead atoms. The summed E-state index contributed by atoms with van der Waals surface area (Å²) < 4.78 is 0. The number of hydrogen-bond donors (Lipinski definition) is 1. The smallest absolute Gasteiger partial charge is 0.256 e. The van der Waals surface area contributed by atoms with E-state index in [1.54, 1.807) is 12.1 Å². The molecule has 1 unspecified atom stereocenters. The van der Waals surface area contributed by atoms with Gasteiger partial charge in [0.05, 0.1) is 11.6 Å². The van der Waals surface area contributed by atoms with Crippen molar-refractivity contribution in [2.75, 3.05) is 45.0 Å². The lowest BCUT2D eigenvalue weighted by molar-refractivity contribution is -0.135. The van der Waals surface area contributed by atoms with Crippen molar-refractivity contribution >= 4 is 17.5 Å². The van der Waals surface area contributed by atoms with Crippen molar-refractivity contribution in [1.82, 2.24) is 14.7 Å². The maximum Gasteiger partial charge on any atom is 0.256 e. The maximum atomic E-state index is 12.6. The first-order valence-corrected chi connectivity index (χ1v) is 8.74. The van der Waals surface area contributed by atoms with Crippen LogP contribution in [0.15, 0.2) is 24.3 Å². The van der Waals surface area contributed by atoms with Crippen LogP contribution in [0.5, 0.6) is 0 Å². The molecule has 24 heavy (non-hydrogen) atoms. The third kappa shape index (κ3) is 3.38. The molecule has 2 fully saturated rings. The van der Waals surface area contributed by atoms with Crippen molar-refractivity contribution in [2.45, 2.75) is 25.8 Å². The number of benzene rings is 1. The fourth-order valence-electron chi connectivity index (χ4n) is 3.53. The van der Waals surface area contributed by atoms with E-state index < -0.39 is 0 Å². The summed E-state index contributed by atoms with van der Waals surface area (Å²) in [5.74, 6) is 0.200. The molecular formula is C18H26N4O2. The summed E-state index contributed by atoms with van der Waals surface area (Å²) in [4.78, 5) is 31.1. The summed E-state index contributed by atoms with van der Waals surface area (Å²) in [7, 11) is 0. The fourth-order valence-corrected chi connectivity index (χ4v) is 3.53. The summed E-state index contributed by atoms with van der Waals surface area (Å²) >= 11 is 0. The van der Waals surface area contributed by atoms with Gasteiger partial charge in [-0.25, -0.2) is 0 Å². The molecule has 0 saturated carbocycles. The normalized spacial score (nSPS) is 20.2. The predicted molar refractivity (Wildman–Crippen MR) is 93.6 cm³/mol. The van der Waals surface area contributed by atoms with Gasteiger partial charge < -0.3 is 15.5 Å². The number of amides is 2. The van der Waals surface area contributed by atoms with Crippen LogP contribution in [-0.2, 0) is 4.79 Å². The first-order valence-electron chi connectivity index (χ1n) is 8.74. The van der Waals surface area contributed by atoms with E-state index in [1.807, 2.05) is 28.9 Å². The molecule has 6 nitrogen and oxygen atoms in total. The Morgan fingerprint density at radius 1 is 0.958 bits per heavy atom. The van der Waals surface area contributed by atoms with Crippen LogP contribution in [0.3, 0.4) is 0 Å². The minimum absolute atomic E-state index is 0.0220. The zero-order valence-corrected chi connectivity index (χ0v) is 14.3. The van der Waals surface area contributed by atoms with Gasteiger partial charge in [-0.05, 0) is 31.9 Å². The second-order valence-corrected chi connectivity index (χ2v) is 6.62. The number of carbonyl (C=O) groups excluding carboxylic acids is 2. The van der Waals surface area contributed by atoms with Gasteiger partial charge in [0.2, 0.25) is 5.91 Å². The van der Waals surface area contributed by atoms with Crippen molar-refractivity contribution in [1.29, 1.82) is 0 Å². The number of piperazine rings is 1. The lowest BCUT2D eigenvalue weighted by atomic mass is 10.1. The number of likely N-dealkylation sites (tertiary alicyclic amines) is 1.